The minimum Gasteiger partial charge on any atom is -0.454 e. The van der Waals surface area contributed by atoms with E-state index in [1.54, 1.807) is 6.08 Å². The zero-order valence-corrected chi connectivity index (χ0v) is 52.5. The third-order valence-electron chi connectivity index (χ3n) is 14.9. The first-order valence-electron chi connectivity index (χ1n) is 33.3. The van der Waals surface area contributed by atoms with Gasteiger partial charge in [-0.3, -0.25) is 9.59 Å². The number of aliphatic hydroxyl groups excluding tert-OH is 5. The number of ether oxygens (including phenoxy) is 3. The van der Waals surface area contributed by atoms with E-state index in [1.165, 1.54) is 109 Å². The molecule has 11 heteroatoms. The molecule has 474 valence electrons. The van der Waals surface area contributed by atoms with Gasteiger partial charge >= 0.3 is 5.97 Å². The average Bonchev–Trinajstić information content (AvgIpc) is 3.58. The lowest BCUT2D eigenvalue weighted by Crippen LogP contribution is -2.61. The van der Waals surface area contributed by atoms with Crippen LogP contribution in [0.2, 0.25) is 0 Å². The topological polar surface area (TPSA) is 175 Å². The second kappa shape index (κ2) is 58.4. The van der Waals surface area contributed by atoms with Crippen molar-refractivity contribution in [3.05, 3.63) is 122 Å². The molecular weight excluding hydrogens is 1040 g/mol. The molecule has 1 aliphatic rings. The number of rotatable bonds is 55. The van der Waals surface area contributed by atoms with E-state index in [-0.39, 0.29) is 19.4 Å². The first-order chi connectivity index (χ1) is 40.7. The first-order valence-corrected chi connectivity index (χ1v) is 33.3. The highest BCUT2D eigenvalue weighted by molar-refractivity contribution is 5.80. The van der Waals surface area contributed by atoms with Gasteiger partial charge in [0.15, 0.2) is 12.4 Å². The van der Waals surface area contributed by atoms with E-state index in [4.69, 9.17) is 14.2 Å². The minimum absolute atomic E-state index is 0.00794. The Balaban J connectivity index is 2.70. The predicted octanol–water partition coefficient (Wildman–Crippen LogP) is 16.6. The highest BCUT2D eigenvalue weighted by Crippen LogP contribution is 2.26. The molecule has 6 N–H and O–H groups in total. The van der Waals surface area contributed by atoms with Crippen molar-refractivity contribution in [2.75, 3.05) is 13.2 Å². The summed E-state index contributed by atoms with van der Waals surface area (Å²) in [6, 6.07) is -1.05. The van der Waals surface area contributed by atoms with Crippen molar-refractivity contribution in [2.45, 2.75) is 307 Å². The van der Waals surface area contributed by atoms with Gasteiger partial charge in [0.25, 0.3) is 0 Å². The van der Waals surface area contributed by atoms with E-state index in [0.29, 0.717) is 19.3 Å². The molecule has 8 atom stereocenters. The van der Waals surface area contributed by atoms with Crippen molar-refractivity contribution < 1.29 is 49.3 Å². The number of carbonyl (C=O) groups excluding carboxylic acids is 2. The Morgan fingerprint density at radius 1 is 0.482 bits per heavy atom. The Morgan fingerprint density at radius 3 is 1.33 bits per heavy atom. The van der Waals surface area contributed by atoms with Crippen molar-refractivity contribution in [3.63, 3.8) is 0 Å². The van der Waals surface area contributed by atoms with Crippen LogP contribution in [0.5, 0.6) is 0 Å². The summed E-state index contributed by atoms with van der Waals surface area (Å²) in [5.41, 5.74) is 0. The normalized spacial score (nSPS) is 19.3. The molecule has 0 aromatic rings. The average molecular weight is 1160 g/mol. The number of carbonyl (C=O) groups is 2. The fourth-order valence-electron chi connectivity index (χ4n) is 9.62. The molecule has 0 aromatic heterocycles. The lowest BCUT2D eigenvalue weighted by atomic mass is 9.99. The van der Waals surface area contributed by atoms with Crippen LogP contribution >= 0.6 is 0 Å². The van der Waals surface area contributed by atoms with Gasteiger partial charge in [0, 0.05) is 6.42 Å². The van der Waals surface area contributed by atoms with Gasteiger partial charge in [-0.15, -0.1) is 0 Å². The number of hydrogen-bond donors (Lipinski definition) is 6. The van der Waals surface area contributed by atoms with Gasteiger partial charge in [-0.2, -0.15) is 0 Å². The predicted molar refractivity (Wildman–Crippen MR) is 347 cm³/mol. The summed E-state index contributed by atoms with van der Waals surface area (Å²) in [7, 11) is 0. The van der Waals surface area contributed by atoms with Crippen LogP contribution in [0.15, 0.2) is 122 Å². The number of hydrogen-bond acceptors (Lipinski definition) is 10. The molecule has 1 heterocycles. The van der Waals surface area contributed by atoms with Crippen LogP contribution in [-0.4, -0.2) is 99.6 Å². The first kappa shape index (κ1) is 77.1. The summed E-state index contributed by atoms with van der Waals surface area (Å²) in [4.78, 5) is 26.6. The van der Waals surface area contributed by atoms with Gasteiger partial charge < -0.3 is 45.1 Å². The van der Waals surface area contributed by atoms with E-state index in [2.05, 4.69) is 123 Å². The van der Waals surface area contributed by atoms with Crippen molar-refractivity contribution >= 4 is 11.9 Å². The van der Waals surface area contributed by atoms with Gasteiger partial charge in [-0.05, 0) is 103 Å². The zero-order chi connectivity index (χ0) is 60.3. The molecule has 1 rings (SSSR count). The fourth-order valence-corrected chi connectivity index (χ4v) is 9.62. The second-order valence-electron chi connectivity index (χ2n) is 22.5. The molecule has 0 bridgehead atoms. The van der Waals surface area contributed by atoms with E-state index in [1.807, 2.05) is 18.2 Å². The van der Waals surface area contributed by atoms with E-state index in [9.17, 15) is 35.1 Å². The number of nitrogens with one attached hydrogen (secondary N) is 1. The van der Waals surface area contributed by atoms with Gasteiger partial charge in [-0.1, -0.05) is 271 Å². The van der Waals surface area contributed by atoms with Crippen molar-refractivity contribution in [2.24, 2.45) is 0 Å². The molecule has 0 spiro atoms. The Labute approximate surface area is 506 Å². The number of amides is 1. The van der Waals surface area contributed by atoms with E-state index < -0.39 is 67.4 Å². The maximum absolute atomic E-state index is 13.5. The van der Waals surface area contributed by atoms with Gasteiger partial charge in [-0.25, -0.2) is 0 Å². The van der Waals surface area contributed by atoms with Crippen LogP contribution in [0.3, 0.4) is 0 Å². The van der Waals surface area contributed by atoms with Gasteiger partial charge in [0.2, 0.25) is 5.91 Å². The monoisotopic (exact) mass is 1160 g/mol. The maximum atomic E-state index is 13.5. The lowest BCUT2D eigenvalue weighted by molar-refractivity contribution is -0.305. The summed E-state index contributed by atoms with van der Waals surface area (Å²) in [5.74, 6) is -1.29. The van der Waals surface area contributed by atoms with Crippen LogP contribution < -0.4 is 5.32 Å². The highest BCUT2D eigenvalue weighted by atomic mass is 16.7. The molecule has 0 saturated carbocycles. The molecule has 1 amide bonds. The summed E-state index contributed by atoms with van der Waals surface area (Å²) < 4.78 is 17.6. The molecule has 1 saturated heterocycles. The quantitative estimate of drug-likeness (QED) is 0.0195. The maximum Gasteiger partial charge on any atom is 0.306 e. The van der Waals surface area contributed by atoms with Crippen molar-refractivity contribution in [1.82, 2.24) is 5.32 Å². The largest absolute Gasteiger partial charge is 0.454 e. The zero-order valence-electron chi connectivity index (χ0n) is 52.5. The molecule has 11 nitrogen and oxygen atoms in total. The Morgan fingerprint density at radius 2 is 0.867 bits per heavy atom. The fraction of sp³-hybridized carbons (Fsp3) is 0.694. The Hall–Kier alpha value is -3.94. The SMILES string of the molecule is CC/C=C\C/C=C\C/C=C\C/C=C\C/C=C\C/C=C\CCC(=O)OC1C(OCC(NC(=O)C(O)CCCCCCCCCCC/C=C\C/C=C\C/C=C\CCCCC)C(O)/C=C/CCCCCCCCCCCCC)OC(CO)C(O)C1O. The van der Waals surface area contributed by atoms with E-state index >= 15 is 0 Å². The molecule has 1 aliphatic heterocycles. The lowest BCUT2D eigenvalue weighted by Gasteiger charge is -2.41. The van der Waals surface area contributed by atoms with Crippen molar-refractivity contribution in [1.29, 1.82) is 0 Å². The third kappa shape index (κ3) is 46.0. The number of allylic oxidation sites excluding steroid dienone is 19. The molecule has 83 heavy (non-hydrogen) atoms. The number of esters is 1. The van der Waals surface area contributed by atoms with Gasteiger partial charge in [0.1, 0.15) is 24.4 Å². The molecule has 0 aliphatic carbocycles. The minimum atomic E-state index is -1.65. The summed E-state index contributed by atoms with van der Waals surface area (Å²) >= 11 is 0. The molecular formula is C72H121NO10. The standard InChI is InChI=1S/C72H121NO10/c1-4-7-10-13-16-19-22-25-27-29-31-32-33-35-36-38-41-44-47-50-53-56-59-65(76)71(80)73-63(64(75)58-55-52-49-46-43-40-24-21-18-15-12-9-6-3)62-81-72-70(69(79)68(78)66(61-74)82-72)83-67(77)60-57-54-51-48-45-42-39-37-34-30-28-26-23-20-17-14-11-8-5-2/h8,11,16-17,19-20,25-28,31-32,34,37,42,45,51,54-55,58,63-66,68-70,72,74-76,78-79H,4-7,9-10,12-15,18,21-24,29-30,33,35-36,38-41,43-44,46-50,52-53,56-57,59-62H2,1-3H3,(H,73,80)/b11-8-,19-16-,20-17-,27-25-,28-26-,32-31-,37-34-,45-42-,54-51-,58-55+. The summed E-state index contributed by atoms with van der Waals surface area (Å²) in [5, 5.41) is 57.1. The smallest absolute Gasteiger partial charge is 0.306 e. The number of aliphatic hydroxyl groups is 5. The van der Waals surface area contributed by atoms with Gasteiger partial charge in [0.05, 0.1) is 25.4 Å². The molecule has 8 unspecified atom stereocenters. The number of unbranched alkanes of at least 4 members (excludes halogenated alkanes) is 23. The van der Waals surface area contributed by atoms with E-state index in [0.717, 1.165) is 96.3 Å². The Bertz CT molecular complexity index is 1810. The van der Waals surface area contributed by atoms with Crippen LogP contribution in [0, 0.1) is 0 Å². The summed E-state index contributed by atoms with van der Waals surface area (Å²) in [6.07, 6.45) is 71.0. The van der Waals surface area contributed by atoms with Crippen molar-refractivity contribution in [3.8, 4) is 0 Å². The van der Waals surface area contributed by atoms with Crippen LogP contribution in [0.1, 0.15) is 258 Å². The van der Waals surface area contributed by atoms with Crippen LogP contribution in [0.25, 0.3) is 0 Å². The van der Waals surface area contributed by atoms with Crippen LogP contribution in [-0.2, 0) is 23.8 Å². The summed E-state index contributed by atoms with van der Waals surface area (Å²) in [6.45, 7) is 5.61. The molecule has 0 radical (unpaired) electrons. The second-order valence-corrected chi connectivity index (χ2v) is 22.5. The Kier molecular flexibility index (Phi) is 54.3. The third-order valence-corrected chi connectivity index (χ3v) is 14.9. The highest BCUT2D eigenvalue weighted by Gasteiger charge is 2.47. The van der Waals surface area contributed by atoms with Crippen LogP contribution in [0.4, 0.5) is 0 Å². The molecule has 1 fully saturated rings. The molecule has 0 aromatic carbocycles.